The molecule has 0 unspecified atom stereocenters. The molecule has 30 heavy (non-hydrogen) atoms. The van der Waals surface area contributed by atoms with E-state index in [1.165, 1.54) is 16.3 Å². The van der Waals surface area contributed by atoms with Gasteiger partial charge in [-0.15, -0.1) is 0 Å². The molecule has 1 amide bonds. The van der Waals surface area contributed by atoms with Crippen molar-refractivity contribution in [1.29, 1.82) is 0 Å². The summed E-state index contributed by atoms with van der Waals surface area (Å²) in [5.41, 5.74) is 3.91. The Morgan fingerprint density at radius 3 is 2.10 bits per heavy atom. The molecule has 0 aliphatic carbocycles. The third kappa shape index (κ3) is 2.76. The maximum Gasteiger partial charge on any atom is 0.252 e. The Hall–Kier alpha value is -3.07. The summed E-state index contributed by atoms with van der Waals surface area (Å²) in [6, 6.07) is 25.3. The number of carbonyl (C=O) groups excluding carboxylic acids is 1. The van der Waals surface area contributed by atoms with Crippen LogP contribution in [0.1, 0.15) is 32.8 Å². The van der Waals surface area contributed by atoms with Crippen LogP contribution in [0.2, 0.25) is 0 Å². The predicted molar refractivity (Wildman–Crippen MR) is 125 cm³/mol. The smallest absolute Gasteiger partial charge is 0.252 e. The first kappa shape index (κ1) is 18.9. The average Bonchev–Trinajstić information content (AvgIpc) is 3.32. The van der Waals surface area contributed by atoms with Crippen molar-refractivity contribution in [3.05, 3.63) is 78.4 Å². The van der Waals surface area contributed by atoms with Crippen LogP contribution in [0.4, 0.5) is 5.69 Å². The van der Waals surface area contributed by atoms with Crippen molar-refractivity contribution in [3.8, 4) is 0 Å². The summed E-state index contributed by atoms with van der Waals surface area (Å²) in [5.74, 6) is 0.573. The Bertz CT molecular complexity index is 1200. The lowest BCUT2D eigenvalue weighted by Gasteiger charge is -2.37. The molecule has 1 aromatic heterocycles. The highest BCUT2D eigenvalue weighted by Gasteiger charge is 2.42. The Kier molecular flexibility index (Phi) is 4.43. The molecule has 1 atom stereocenters. The van der Waals surface area contributed by atoms with Crippen LogP contribution in [0.3, 0.4) is 0 Å². The van der Waals surface area contributed by atoms with Gasteiger partial charge in [0.05, 0.1) is 11.0 Å². The summed E-state index contributed by atoms with van der Waals surface area (Å²) in [4.78, 5) is 16.3. The normalized spacial score (nSPS) is 15.7. The van der Waals surface area contributed by atoms with Gasteiger partial charge >= 0.3 is 0 Å². The van der Waals surface area contributed by atoms with Gasteiger partial charge in [0.2, 0.25) is 0 Å². The Morgan fingerprint density at radius 2 is 1.47 bits per heavy atom. The molecule has 3 aromatic carbocycles. The van der Waals surface area contributed by atoms with Crippen molar-refractivity contribution in [2.45, 2.75) is 39.2 Å². The van der Waals surface area contributed by atoms with Crippen LogP contribution in [0.15, 0.2) is 72.8 Å². The van der Waals surface area contributed by atoms with Crippen LogP contribution in [0, 0.1) is 5.92 Å². The first-order valence-electron chi connectivity index (χ1n) is 10.9. The Morgan fingerprint density at radius 1 is 0.900 bits per heavy atom. The van der Waals surface area contributed by atoms with Gasteiger partial charge in [0.1, 0.15) is 5.54 Å². The van der Waals surface area contributed by atoms with E-state index in [-0.39, 0.29) is 5.91 Å². The molecule has 0 N–H and O–H groups in total. The quantitative estimate of drug-likeness (QED) is 0.406. The number of anilines is 1. The number of benzene rings is 3. The van der Waals surface area contributed by atoms with E-state index < -0.39 is 5.54 Å². The van der Waals surface area contributed by atoms with Crippen molar-refractivity contribution in [1.82, 2.24) is 4.57 Å². The molecule has 152 valence electrons. The molecular weight excluding hydrogens is 368 g/mol. The Labute approximate surface area is 177 Å². The molecule has 1 aliphatic rings. The van der Waals surface area contributed by atoms with Gasteiger partial charge in [0.25, 0.3) is 5.91 Å². The standard InChI is InChI=1S/C27H28N2O/c1-19(2)18-27(3,26(30)28-17-16-20-10-4-7-13-23(20)28)29-24-14-8-5-11-21(24)22-12-6-9-15-25(22)29/h4-15,19H,16-18H2,1-3H3/t27-/m1/s1. The zero-order valence-electron chi connectivity index (χ0n) is 17.9. The highest BCUT2D eigenvalue weighted by Crippen LogP contribution is 2.40. The van der Waals surface area contributed by atoms with Crippen LogP contribution < -0.4 is 4.90 Å². The van der Waals surface area contributed by atoms with Gasteiger partial charge in [-0.1, -0.05) is 68.4 Å². The maximum atomic E-state index is 14.3. The van der Waals surface area contributed by atoms with E-state index in [1.807, 2.05) is 11.0 Å². The summed E-state index contributed by atoms with van der Waals surface area (Å²) >= 11 is 0. The minimum absolute atomic E-state index is 0.188. The van der Waals surface area contributed by atoms with Gasteiger partial charge in [-0.25, -0.2) is 0 Å². The number of rotatable bonds is 4. The molecule has 2 heterocycles. The van der Waals surface area contributed by atoms with Gasteiger partial charge in [-0.3, -0.25) is 4.79 Å². The molecule has 0 fully saturated rings. The fourth-order valence-corrected chi connectivity index (χ4v) is 5.36. The van der Waals surface area contributed by atoms with E-state index in [0.717, 1.165) is 36.1 Å². The first-order valence-corrected chi connectivity index (χ1v) is 10.9. The third-order valence-corrected chi connectivity index (χ3v) is 6.47. The van der Waals surface area contributed by atoms with E-state index in [2.05, 4.69) is 92.1 Å². The van der Waals surface area contributed by atoms with Crippen LogP contribution in [0.25, 0.3) is 21.8 Å². The lowest BCUT2D eigenvalue weighted by Crippen LogP contribution is -2.49. The fourth-order valence-electron chi connectivity index (χ4n) is 5.36. The number of hydrogen-bond acceptors (Lipinski definition) is 1. The van der Waals surface area contributed by atoms with Crippen molar-refractivity contribution in [3.63, 3.8) is 0 Å². The number of para-hydroxylation sites is 3. The number of carbonyl (C=O) groups is 1. The van der Waals surface area contributed by atoms with Gasteiger partial charge < -0.3 is 9.47 Å². The molecule has 0 spiro atoms. The summed E-state index contributed by atoms with van der Waals surface area (Å²) in [6.45, 7) is 7.30. The molecule has 0 saturated carbocycles. The van der Waals surface area contributed by atoms with Crippen LogP contribution in [-0.4, -0.2) is 17.0 Å². The molecule has 1 aliphatic heterocycles. The van der Waals surface area contributed by atoms with Crippen LogP contribution in [-0.2, 0) is 16.8 Å². The second-order valence-corrected chi connectivity index (χ2v) is 9.08. The first-order chi connectivity index (χ1) is 14.5. The number of aromatic nitrogens is 1. The predicted octanol–water partition coefficient (Wildman–Crippen LogP) is 6.15. The molecule has 3 heteroatoms. The highest BCUT2D eigenvalue weighted by molar-refractivity contribution is 6.10. The van der Waals surface area contributed by atoms with Crippen molar-refractivity contribution in [2.75, 3.05) is 11.4 Å². The highest BCUT2D eigenvalue weighted by atomic mass is 16.2. The Balaban J connectivity index is 1.75. The summed E-state index contributed by atoms with van der Waals surface area (Å²) in [7, 11) is 0. The van der Waals surface area contributed by atoms with Crippen molar-refractivity contribution >= 4 is 33.4 Å². The largest absolute Gasteiger partial charge is 0.325 e. The van der Waals surface area contributed by atoms with E-state index in [4.69, 9.17) is 0 Å². The molecule has 3 nitrogen and oxygen atoms in total. The average molecular weight is 397 g/mol. The molecule has 5 rings (SSSR count). The number of hydrogen-bond donors (Lipinski definition) is 0. The molecule has 4 aromatic rings. The summed E-state index contributed by atoms with van der Waals surface area (Å²) in [6.07, 6.45) is 1.71. The number of amides is 1. The van der Waals surface area contributed by atoms with Crippen molar-refractivity contribution < 1.29 is 4.79 Å². The minimum atomic E-state index is -0.672. The minimum Gasteiger partial charge on any atom is -0.325 e. The SMILES string of the molecule is CC(C)C[C@](C)(C(=O)N1CCc2ccccc21)n1c2ccccc2c2ccccc21. The lowest BCUT2D eigenvalue weighted by atomic mass is 9.88. The lowest BCUT2D eigenvalue weighted by molar-refractivity contribution is -0.126. The fraction of sp³-hybridized carbons (Fsp3) is 0.296. The van der Waals surface area contributed by atoms with Gasteiger partial charge in [0.15, 0.2) is 0 Å². The monoisotopic (exact) mass is 396 g/mol. The van der Waals surface area contributed by atoms with Gasteiger partial charge in [0, 0.05) is 23.0 Å². The van der Waals surface area contributed by atoms with Crippen molar-refractivity contribution in [2.24, 2.45) is 5.92 Å². The zero-order valence-corrected chi connectivity index (χ0v) is 17.9. The number of nitrogens with zero attached hydrogens (tertiary/aromatic N) is 2. The van der Waals surface area contributed by atoms with E-state index in [9.17, 15) is 4.79 Å². The third-order valence-electron chi connectivity index (χ3n) is 6.47. The van der Waals surface area contributed by atoms with E-state index >= 15 is 0 Å². The molecule has 0 saturated heterocycles. The summed E-state index contributed by atoms with van der Waals surface area (Å²) in [5, 5.41) is 2.41. The topological polar surface area (TPSA) is 25.2 Å². The molecule has 0 bridgehead atoms. The second kappa shape index (κ2) is 7.02. The van der Waals surface area contributed by atoms with Gasteiger partial charge in [-0.2, -0.15) is 0 Å². The summed E-state index contributed by atoms with van der Waals surface area (Å²) < 4.78 is 2.31. The number of fused-ring (bicyclic) bond motifs is 4. The molecular formula is C27H28N2O. The van der Waals surface area contributed by atoms with E-state index in [1.54, 1.807) is 0 Å². The van der Waals surface area contributed by atoms with Gasteiger partial charge in [-0.05, 0) is 49.4 Å². The molecule has 0 radical (unpaired) electrons. The second-order valence-electron chi connectivity index (χ2n) is 9.08. The van der Waals surface area contributed by atoms with E-state index in [0.29, 0.717) is 5.92 Å². The maximum absolute atomic E-state index is 14.3. The van der Waals surface area contributed by atoms with Crippen LogP contribution >= 0.6 is 0 Å². The zero-order chi connectivity index (χ0) is 20.9. The van der Waals surface area contributed by atoms with Crippen LogP contribution in [0.5, 0.6) is 0 Å².